The predicted octanol–water partition coefficient (Wildman–Crippen LogP) is 0.821. The molecular formula is C18H24N2O5. The highest BCUT2D eigenvalue weighted by Gasteiger charge is 2.36. The summed E-state index contributed by atoms with van der Waals surface area (Å²) in [5.74, 6) is -0.491. The highest BCUT2D eigenvalue weighted by molar-refractivity contribution is 5.87. The molecule has 25 heavy (non-hydrogen) atoms. The van der Waals surface area contributed by atoms with Gasteiger partial charge in [0.2, 0.25) is 5.91 Å². The number of carboxylic acid groups (broad SMARTS) is 1. The first kappa shape index (κ1) is 17.7. The molecule has 1 aromatic carbocycles. The van der Waals surface area contributed by atoms with Crippen LogP contribution in [0, 0.1) is 0 Å². The van der Waals surface area contributed by atoms with Gasteiger partial charge in [-0.15, -0.1) is 0 Å². The molecule has 2 N–H and O–H groups in total. The summed E-state index contributed by atoms with van der Waals surface area (Å²) in [5, 5.41) is 19.1. The number of rotatable bonds is 5. The van der Waals surface area contributed by atoms with Gasteiger partial charge in [0.25, 0.3) is 0 Å². The number of aromatic carboxylic acids is 1. The number of nitrogens with zero attached hydrogens (tertiary/aromatic N) is 2. The van der Waals surface area contributed by atoms with Gasteiger partial charge in [0.1, 0.15) is 18.0 Å². The number of benzene rings is 1. The molecule has 0 radical (unpaired) electrons. The molecule has 3 rings (SSSR count). The maximum atomic E-state index is 12.4. The Morgan fingerprint density at radius 2 is 1.76 bits per heavy atom. The lowest BCUT2D eigenvalue weighted by Gasteiger charge is -2.27. The zero-order valence-corrected chi connectivity index (χ0v) is 14.1. The van der Waals surface area contributed by atoms with Gasteiger partial charge in [-0.05, 0) is 50.2 Å². The van der Waals surface area contributed by atoms with Gasteiger partial charge in [-0.2, -0.15) is 0 Å². The fourth-order valence-electron chi connectivity index (χ4n) is 3.34. The van der Waals surface area contributed by atoms with Crippen molar-refractivity contribution in [1.29, 1.82) is 0 Å². The number of carbonyl (C=O) groups excluding carboxylic acids is 1. The summed E-state index contributed by atoms with van der Waals surface area (Å²) in [4.78, 5) is 27.1. The van der Waals surface area contributed by atoms with Gasteiger partial charge in [0, 0.05) is 0 Å². The second kappa shape index (κ2) is 7.84. The second-order valence-corrected chi connectivity index (χ2v) is 6.69. The van der Waals surface area contributed by atoms with E-state index >= 15 is 0 Å². The highest BCUT2D eigenvalue weighted by atomic mass is 16.5. The van der Waals surface area contributed by atoms with E-state index in [4.69, 9.17) is 9.84 Å². The molecule has 2 aliphatic rings. The first-order valence-electron chi connectivity index (χ1n) is 8.71. The second-order valence-electron chi connectivity index (χ2n) is 6.69. The van der Waals surface area contributed by atoms with E-state index in [-0.39, 0.29) is 18.0 Å². The first-order chi connectivity index (χ1) is 12.0. The molecule has 7 nitrogen and oxygen atoms in total. The minimum atomic E-state index is -0.998. The van der Waals surface area contributed by atoms with Crippen molar-refractivity contribution in [3.63, 3.8) is 0 Å². The number of aliphatic hydroxyl groups is 1. The molecule has 0 aliphatic carbocycles. The fraction of sp³-hybridized carbons (Fsp3) is 0.556. The third-order valence-electron chi connectivity index (χ3n) is 4.79. The topological polar surface area (TPSA) is 90.3 Å². The molecule has 0 unspecified atom stereocenters. The third kappa shape index (κ3) is 4.49. The van der Waals surface area contributed by atoms with Gasteiger partial charge >= 0.3 is 5.97 Å². The largest absolute Gasteiger partial charge is 0.486 e. The number of carboxylic acids is 1. The van der Waals surface area contributed by atoms with Crippen molar-refractivity contribution in [3.8, 4) is 5.75 Å². The average Bonchev–Trinajstić information content (AvgIpc) is 2.97. The quantitative estimate of drug-likeness (QED) is 0.819. The molecular weight excluding hydrogens is 324 g/mol. The Hall–Kier alpha value is -2.12. The molecule has 7 heteroatoms. The van der Waals surface area contributed by atoms with Crippen LogP contribution >= 0.6 is 0 Å². The summed E-state index contributed by atoms with van der Waals surface area (Å²) in [6, 6.07) is 6.04. The summed E-state index contributed by atoms with van der Waals surface area (Å²) >= 11 is 0. The average molecular weight is 348 g/mol. The van der Waals surface area contributed by atoms with Crippen molar-refractivity contribution in [2.24, 2.45) is 0 Å². The fourth-order valence-corrected chi connectivity index (χ4v) is 3.34. The van der Waals surface area contributed by atoms with E-state index in [1.165, 1.54) is 18.6 Å². The van der Waals surface area contributed by atoms with E-state index in [1.807, 2.05) is 0 Å². The number of aliphatic hydroxyl groups excluding tert-OH is 1. The molecule has 136 valence electrons. The number of hydrogen-bond acceptors (Lipinski definition) is 5. The molecule has 2 aliphatic heterocycles. The van der Waals surface area contributed by atoms with Gasteiger partial charge < -0.3 is 19.8 Å². The number of carbonyl (C=O) groups is 2. The van der Waals surface area contributed by atoms with Crippen molar-refractivity contribution in [2.45, 2.75) is 31.5 Å². The molecule has 0 saturated carbocycles. The molecule has 1 amide bonds. The monoisotopic (exact) mass is 348 g/mol. The smallest absolute Gasteiger partial charge is 0.335 e. The van der Waals surface area contributed by atoms with Gasteiger partial charge in [0.05, 0.1) is 25.2 Å². The Labute approximate surface area is 146 Å². The van der Waals surface area contributed by atoms with Crippen LogP contribution in [-0.2, 0) is 4.79 Å². The maximum Gasteiger partial charge on any atom is 0.335 e. The van der Waals surface area contributed by atoms with Gasteiger partial charge in [-0.1, -0.05) is 6.42 Å². The Morgan fingerprint density at radius 1 is 1.08 bits per heavy atom. The predicted molar refractivity (Wildman–Crippen MR) is 90.7 cm³/mol. The van der Waals surface area contributed by atoms with Crippen LogP contribution in [0.4, 0.5) is 0 Å². The van der Waals surface area contributed by atoms with E-state index in [0.717, 1.165) is 25.9 Å². The van der Waals surface area contributed by atoms with Gasteiger partial charge in [0.15, 0.2) is 0 Å². The van der Waals surface area contributed by atoms with Gasteiger partial charge in [-0.25, -0.2) is 4.79 Å². The van der Waals surface area contributed by atoms with E-state index in [2.05, 4.69) is 4.90 Å². The minimum Gasteiger partial charge on any atom is -0.486 e. The lowest BCUT2D eigenvalue weighted by atomic mass is 10.1. The molecule has 0 bridgehead atoms. The van der Waals surface area contributed by atoms with Gasteiger partial charge in [-0.3, -0.25) is 9.69 Å². The van der Waals surface area contributed by atoms with Crippen LogP contribution in [0.1, 0.15) is 29.6 Å². The number of ether oxygens (including phenoxy) is 1. The molecule has 2 heterocycles. The van der Waals surface area contributed by atoms with Crippen molar-refractivity contribution in [1.82, 2.24) is 9.80 Å². The minimum absolute atomic E-state index is 0.0216. The Kier molecular flexibility index (Phi) is 5.55. The van der Waals surface area contributed by atoms with Crippen molar-refractivity contribution >= 4 is 11.9 Å². The molecule has 0 spiro atoms. The van der Waals surface area contributed by atoms with Crippen molar-refractivity contribution < 1.29 is 24.5 Å². The third-order valence-corrected chi connectivity index (χ3v) is 4.79. The summed E-state index contributed by atoms with van der Waals surface area (Å²) in [5.41, 5.74) is 0.178. The summed E-state index contributed by atoms with van der Waals surface area (Å²) in [7, 11) is 0. The SMILES string of the molecule is O=C(O)c1ccc(O[C@@H]2CN(C(=O)CN3CCCCC3)C[C@H]2O)cc1. The maximum absolute atomic E-state index is 12.4. The molecule has 2 atom stereocenters. The van der Waals surface area contributed by atoms with Crippen LogP contribution in [0.5, 0.6) is 5.75 Å². The van der Waals surface area contributed by atoms with Crippen LogP contribution in [0.25, 0.3) is 0 Å². The normalized spacial score (nSPS) is 24.3. The number of likely N-dealkylation sites (tertiary alicyclic amines) is 2. The molecule has 0 aromatic heterocycles. The van der Waals surface area contributed by atoms with Crippen LogP contribution in [0.3, 0.4) is 0 Å². The summed E-state index contributed by atoms with van der Waals surface area (Å²) in [6.07, 6.45) is 2.25. The Balaban J connectivity index is 1.53. The van der Waals surface area contributed by atoms with E-state index in [9.17, 15) is 14.7 Å². The van der Waals surface area contributed by atoms with Crippen LogP contribution in [0.15, 0.2) is 24.3 Å². The zero-order valence-electron chi connectivity index (χ0n) is 14.1. The number of β-amino-alcohol motifs (C(OH)–C–C–N with tert-alkyl or cyclic N) is 1. The molecule has 2 fully saturated rings. The first-order valence-corrected chi connectivity index (χ1v) is 8.71. The van der Waals surface area contributed by atoms with E-state index in [0.29, 0.717) is 18.8 Å². The lowest BCUT2D eigenvalue weighted by Crippen LogP contribution is -2.41. The number of piperidine rings is 1. The number of hydrogen-bond donors (Lipinski definition) is 2. The standard InChI is InChI=1S/C18H24N2O5/c21-15-10-20(17(22)12-19-8-2-1-3-9-19)11-16(15)25-14-6-4-13(5-7-14)18(23)24/h4-7,15-16,21H,1-3,8-12H2,(H,23,24)/t15-,16-/m1/s1. The zero-order chi connectivity index (χ0) is 17.8. The highest BCUT2D eigenvalue weighted by Crippen LogP contribution is 2.20. The van der Waals surface area contributed by atoms with E-state index in [1.54, 1.807) is 17.0 Å². The van der Waals surface area contributed by atoms with Crippen LogP contribution < -0.4 is 4.74 Å². The Morgan fingerprint density at radius 3 is 2.40 bits per heavy atom. The molecule has 1 aromatic rings. The van der Waals surface area contributed by atoms with Crippen molar-refractivity contribution in [3.05, 3.63) is 29.8 Å². The summed E-state index contributed by atoms with van der Waals surface area (Å²) < 4.78 is 5.74. The van der Waals surface area contributed by atoms with Crippen molar-refractivity contribution in [2.75, 3.05) is 32.7 Å². The molecule has 2 saturated heterocycles. The Bertz CT molecular complexity index is 612. The summed E-state index contributed by atoms with van der Waals surface area (Å²) in [6.45, 7) is 2.92. The van der Waals surface area contributed by atoms with E-state index < -0.39 is 18.2 Å². The number of amides is 1. The lowest BCUT2D eigenvalue weighted by molar-refractivity contribution is -0.132. The van der Waals surface area contributed by atoms with Crippen LogP contribution in [0.2, 0.25) is 0 Å². The van der Waals surface area contributed by atoms with Crippen LogP contribution in [-0.4, -0.2) is 76.8 Å².